The Morgan fingerprint density at radius 3 is 1.94 bits per heavy atom. The minimum absolute atomic E-state index is 0.127. The van der Waals surface area contributed by atoms with Crippen molar-refractivity contribution in [2.75, 3.05) is 20.6 Å². The highest BCUT2D eigenvalue weighted by molar-refractivity contribution is 8.31. The Morgan fingerprint density at radius 2 is 1.41 bits per heavy atom. The van der Waals surface area contributed by atoms with Crippen LogP contribution >= 0.6 is 10.3 Å². The minimum Gasteiger partial charge on any atom is -0.439 e. The average molecular weight is 447 g/mol. The van der Waals surface area contributed by atoms with Crippen LogP contribution in [0.2, 0.25) is 0 Å². The van der Waals surface area contributed by atoms with Crippen LogP contribution in [-0.4, -0.2) is 35.3 Å². The first-order chi connectivity index (χ1) is 15.3. The summed E-state index contributed by atoms with van der Waals surface area (Å²) >= 11 is 0. The molecule has 4 aromatic rings. The van der Waals surface area contributed by atoms with E-state index in [4.69, 9.17) is 4.18 Å². The van der Waals surface area contributed by atoms with Crippen LogP contribution in [0, 0.1) is 0 Å². The molecule has 0 unspecified atom stereocenters. The summed E-state index contributed by atoms with van der Waals surface area (Å²) in [6.45, 7) is 7.89. The van der Waals surface area contributed by atoms with Crippen LogP contribution in [0.15, 0.2) is 94.9 Å². The standard InChI is InChI=1S/C28H34N2OS/c1-28(2,3)32(23-13-8-6-9-14-23,24-15-10-7-11-16-24)31-26-18-12-17-25-27(26)22(21-29-25)19-20-30(4)5/h6-18,21,29H,19-20H2,1-5H3. The normalized spacial score (nSPS) is 12.9. The largest absolute Gasteiger partial charge is 0.439 e. The van der Waals surface area contributed by atoms with Gasteiger partial charge < -0.3 is 14.1 Å². The van der Waals surface area contributed by atoms with Crippen molar-refractivity contribution in [3.63, 3.8) is 0 Å². The highest BCUT2D eigenvalue weighted by atomic mass is 32.3. The average Bonchev–Trinajstić information content (AvgIpc) is 3.20. The second-order valence-corrected chi connectivity index (χ2v) is 12.9. The molecule has 4 rings (SSSR count). The van der Waals surface area contributed by atoms with Crippen LogP contribution in [0.3, 0.4) is 0 Å². The quantitative estimate of drug-likeness (QED) is 0.323. The van der Waals surface area contributed by atoms with Crippen molar-refractivity contribution in [3.05, 3.63) is 90.6 Å². The lowest BCUT2D eigenvalue weighted by Gasteiger charge is -2.50. The molecule has 0 spiro atoms. The predicted octanol–water partition coefficient (Wildman–Crippen LogP) is 7.29. The molecule has 0 bridgehead atoms. The van der Waals surface area contributed by atoms with Gasteiger partial charge in [-0.05, 0) is 93.6 Å². The molecule has 1 heterocycles. The monoisotopic (exact) mass is 446 g/mol. The summed E-state index contributed by atoms with van der Waals surface area (Å²) in [5, 5.41) is 1.20. The smallest absolute Gasteiger partial charge is 0.145 e. The van der Waals surface area contributed by atoms with Crippen LogP contribution < -0.4 is 4.18 Å². The molecule has 3 aromatic carbocycles. The van der Waals surface area contributed by atoms with Gasteiger partial charge in [0.1, 0.15) is 5.75 Å². The Bertz CT molecular complexity index is 1120. The van der Waals surface area contributed by atoms with Crippen LogP contribution in [0.5, 0.6) is 5.75 Å². The molecular formula is C28H34N2OS. The number of aromatic nitrogens is 1. The second kappa shape index (κ2) is 9.05. The molecular weight excluding hydrogens is 412 g/mol. The number of likely N-dealkylation sites (N-methyl/N-ethyl adjacent to an activating group) is 1. The molecule has 168 valence electrons. The lowest BCUT2D eigenvalue weighted by Crippen LogP contribution is -2.30. The fourth-order valence-electron chi connectivity index (χ4n) is 4.25. The first kappa shape index (κ1) is 22.5. The number of nitrogens with one attached hydrogen (secondary N) is 1. The molecule has 0 amide bonds. The minimum atomic E-state index is -1.86. The van der Waals surface area contributed by atoms with E-state index < -0.39 is 10.3 Å². The number of hydrogen-bond acceptors (Lipinski definition) is 2. The molecule has 32 heavy (non-hydrogen) atoms. The number of aromatic amines is 1. The summed E-state index contributed by atoms with van der Waals surface area (Å²) in [4.78, 5) is 8.16. The van der Waals surface area contributed by atoms with E-state index in [1.807, 2.05) is 0 Å². The van der Waals surface area contributed by atoms with Crippen molar-refractivity contribution in [3.8, 4) is 5.75 Å². The van der Waals surface area contributed by atoms with Crippen LogP contribution in [-0.2, 0) is 6.42 Å². The van der Waals surface area contributed by atoms with Crippen molar-refractivity contribution < 1.29 is 4.18 Å². The number of rotatable bonds is 7. The fourth-order valence-corrected chi connectivity index (χ4v) is 7.87. The molecule has 0 aliphatic rings. The summed E-state index contributed by atoms with van der Waals surface area (Å²) in [7, 11) is 2.37. The number of benzene rings is 3. The van der Waals surface area contributed by atoms with Crippen LogP contribution in [0.4, 0.5) is 0 Å². The summed E-state index contributed by atoms with van der Waals surface area (Å²) < 4.78 is 7.18. The summed E-state index contributed by atoms with van der Waals surface area (Å²) in [5.74, 6) is 0.954. The number of nitrogens with zero attached hydrogens (tertiary/aromatic N) is 1. The molecule has 0 fully saturated rings. The third-order valence-corrected chi connectivity index (χ3v) is 9.83. The van der Waals surface area contributed by atoms with Gasteiger partial charge in [-0.2, -0.15) is 0 Å². The Hall–Kier alpha value is -2.69. The van der Waals surface area contributed by atoms with E-state index in [1.54, 1.807) is 0 Å². The van der Waals surface area contributed by atoms with Crippen molar-refractivity contribution in [2.45, 2.75) is 41.7 Å². The molecule has 4 heteroatoms. The maximum Gasteiger partial charge on any atom is 0.145 e. The van der Waals surface area contributed by atoms with Crippen molar-refractivity contribution in [1.29, 1.82) is 0 Å². The molecule has 0 radical (unpaired) electrons. The Balaban J connectivity index is 1.93. The molecule has 0 aliphatic carbocycles. The summed E-state index contributed by atoms with van der Waals surface area (Å²) in [6, 6.07) is 27.9. The van der Waals surface area contributed by atoms with Crippen molar-refractivity contribution in [1.82, 2.24) is 9.88 Å². The van der Waals surface area contributed by atoms with Gasteiger partial charge >= 0.3 is 0 Å². The van der Waals surface area contributed by atoms with E-state index in [-0.39, 0.29) is 4.75 Å². The molecule has 0 aliphatic heterocycles. The van der Waals surface area contributed by atoms with E-state index in [1.165, 1.54) is 20.7 Å². The van der Waals surface area contributed by atoms with Gasteiger partial charge in [0.05, 0.1) is 0 Å². The highest BCUT2D eigenvalue weighted by Crippen LogP contribution is 2.70. The van der Waals surface area contributed by atoms with Crippen LogP contribution in [0.25, 0.3) is 10.9 Å². The van der Waals surface area contributed by atoms with E-state index in [0.717, 1.165) is 24.2 Å². The Kier molecular flexibility index (Phi) is 6.36. The topological polar surface area (TPSA) is 28.3 Å². The lowest BCUT2D eigenvalue weighted by atomic mass is 10.1. The van der Waals surface area contributed by atoms with E-state index in [0.29, 0.717) is 0 Å². The first-order valence-corrected chi connectivity index (χ1v) is 12.7. The van der Waals surface area contributed by atoms with Gasteiger partial charge in [0, 0.05) is 38.2 Å². The molecule has 1 aromatic heterocycles. The predicted molar refractivity (Wildman–Crippen MR) is 138 cm³/mol. The SMILES string of the molecule is CN(C)CCc1c[nH]c2cccc(OS(c3ccccc3)(c3ccccc3)C(C)(C)C)c12. The van der Waals surface area contributed by atoms with Gasteiger partial charge in [-0.15, -0.1) is 0 Å². The Morgan fingerprint density at radius 1 is 0.812 bits per heavy atom. The fraction of sp³-hybridized carbons (Fsp3) is 0.286. The summed E-state index contributed by atoms with van der Waals surface area (Å²) in [5.41, 5.74) is 2.42. The van der Waals surface area contributed by atoms with Gasteiger partial charge in [-0.3, -0.25) is 0 Å². The number of hydrogen-bond donors (Lipinski definition) is 1. The zero-order valence-electron chi connectivity index (χ0n) is 19.8. The third kappa shape index (κ3) is 4.17. The van der Waals surface area contributed by atoms with Gasteiger partial charge in [-0.1, -0.05) is 42.5 Å². The van der Waals surface area contributed by atoms with Crippen molar-refractivity contribution >= 4 is 21.2 Å². The van der Waals surface area contributed by atoms with E-state index in [9.17, 15) is 0 Å². The second-order valence-electron chi connectivity index (χ2n) is 9.42. The molecule has 0 saturated heterocycles. The zero-order chi connectivity index (χ0) is 22.8. The number of H-pyrrole nitrogens is 1. The molecule has 3 nitrogen and oxygen atoms in total. The lowest BCUT2D eigenvalue weighted by molar-refractivity contribution is 0.414. The van der Waals surface area contributed by atoms with Gasteiger partial charge in [0.2, 0.25) is 0 Å². The third-order valence-electron chi connectivity index (χ3n) is 5.81. The molecule has 0 atom stereocenters. The first-order valence-electron chi connectivity index (χ1n) is 11.2. The summed E-state index contributed by atoms with van der Waals surface area (Å²) in [6.07, 6.45) is 3.11. The maximum atomic E-state index is 7.31. The molecule has 1 N–H and O–H groups in total. The van der Waals surface area contributed by atoms with Gasteiger partial charge in [0.25, 0.3) is 0 Å². The highest BCUT2D eigenvalue weighted by Gasteiger charge is 2.43. The van der Waals surface area contributed by atoms with Gasteiger partial charge in [-0.25, -0.2) is 0 Å². The van der Waals surface area contributed by atoms with Gasteiger partial charge in [0.15, 0.2) is 0 Å². The van der Waals surface area contributed by atoms with E-state index in [2.05, 4.69) is 130 Å². The van der Waals surface area contributed by atoms with E-state index >= 15 is 0 Å². The zero-order valence-corrected chi connectivity index (χ0v) is 20.6. The Labute approximate surface area is 193 Å². The molecule has 0 saturated carbocycles. The van der Waals surface area contributed by atoms with Crippen molar-refractivity contribution in [2.24, 2.45) is 0 Å². The number of fused-ring (bicyclic) bond motifs is 1. The van der Waals surface area contributed by atoms with Crippen LogP contribution in [0.1, 0.15) is 26.3 Å². The maximum absolute atomic E-state index is 7.31.